The number of hydrogen-bond donors (Lipinski definition) is 0. The molecule has 1 aromatic rings. The molecule has 28 heavy (non-hydrogen) atoms. The molecular weight excluding hydrogens is 410 g/mol. The van der Waals surface area contributed by atoms with Gasteiger partial charge in [0, 0.05) is 23.1 Å². The lowest BCUT2D eigenvalue weighted by Crippen LogP contribution is -2.33. The third-order valence-electron chi connectivity index (χ3n) is 5.42. The molecule has 0 unspecified atom stereocenters. The minimum atomic E-state index is 0.193. The molecule has 0 saturated carbocycles. The van der Waals surface area contributed by atoms with Gasteiger partial charge in [-0.2, -0.15) is 0 Å². The van der Waals surface area contributed by atoms with Gasteiger partial charge >= 0.3 is 0 Å². The van der Waals surface area contributed by atoms with Crippen LogP contribution in [0.3, 0.4) is 0 Å². The number of unbranched alkanes of at least 4 members (excludes halogenated alkanes) is 12. The Kier molecular flexibility index (Phi) is 15.4. The summed E-state index contributed by atoms with van der Waals surface area (Å²) in [6.07, 6.45) is 18.0. The van der Waals surface area contributed by atoms with Crippen LogP contribution in [-0.2, 0) is 0 Å². The Balaban J connectivity index is 2.41. The second-order valence-electron chi connectivity index (χ2n) is 8.05. The van der Waals surface area contributed by atoms with Gasteiger partial charge in [-0.25, -0.2) is 0 Å². The van der Waals surface area contributed by atoms with Crippen LogP contribution in [0.25, 0.3) is 0 Å². The lowest BCUT2D eigenvalue weighted by molar-refractivity contribution is 0.0749. The molecule has 1 aromatic carbocycles. The average molecular weight is 453 g/mol. The second-order valence-corrected chi connectivity index (χ2v) is 8.96. The predicted molar refractivity (Wildman–Crippen MR) is 126 cm³/mol. The van der Waals surface area contributed by atoms with Gasteiger partial charge in [-0.1, -0.05) is 113 Å². The Morgan fingerprint density at radius 3 is 1.68 bits per heavy atom. The van der Waals surface area contributed by atoms with Crippen LogP contribution >= 0.6 is 15.9 Å². The molecule has 0 saturated heterocycles. The summed E-state index contributed by atoms with van der Waals surface area (Å²) in [6.45, 7) is 6.31. The predicted octanol–water partition coefficient (Wildman–Crippen LogP) is 8.39. The number of rotatable bonds is 17. The fourth-order valence-corrected chi connectivity index (χ4v) is 4.04. The summed E-state index contributed by atoms with van der Waals surface area (Å²) >= 11 is 3.50. The summed E-state index contributed by atoms with van der Waals surface area (Å²) in [4.78, 5) is 15.1. The van der Waals surface area contributed by atoms with Crippen molar-refractivity contribution in [2.45, 2.75) is 104 Å². The topological polar surface area (TPSA) is 20.3 Å². The Morgan fingerprint density at radius 2 is 1.21 bits per heavy atom. The molecule has 2 nitrogen and oxygen atoms in total. The van der Waals surface area contributed by atoms with Crippen molar-refractivity contribution >= 4 is 21.8 Å². The molecule has 0 aliphatic heterocycles. The zero-order valence-corrected chi connectivity index (χ0v) is 19.9. The summed E-state index contributed by atoms with van der Waals surface area (Å²) in [7, 11) is 0. The fourth-order valence-electron chi connectivity index (χ4n) is 3.64. The molecule has 0 heterocycles. The minimum absolute atomic E-state index is 0.193. The van der Waals surface area contributed by atoms with Crippen LogP contribution < -0.4 is 0 Å². The van der Waals surface area contributed by atoms with E-state index in [2.05, 4.69) is 34.7 Å². The SMILES string of the molecule is CCCCCCCCCN(CCCCCCCCC)C(=O)c1cccc(Br)c1. The average Bonchev–Trinajstić information content (AvgIpc) is 2.70. The van der Waals surface area contributed by atoms with Crippen LogP contribution in [0.4, 0.5) is 0 Å². The van der Waals surface area contributed by atoms with Crippen molar-refractivity contribution in [2.24, 2.45) is 0 Å². The molecule has 160 valence electrons. The molecule has 1 amide bonds. The van der Waals surface area contributed by atoms with Crippen molar-refractivity contribution in [2.75, 3.05) is 13.1 Å². The number of benzene rings is 1. The fraction of sp³-hybridized carbons (Fsp3) is 0.720. The molecule has 1 rings (SSSR count). The Labute approximate surface area is 182 Å². The van der Waals surface area contributed by atoms with Crippen LogP contribution in [0.5, 0.6) is 0 Å². The van der Waals surface area contributed by atoms with Gasteiger partial charge in [-0.15, -0.1) is 0 Å². The van der Waals surface area contributed by atoms with E-state index in [1.165, 1.54) is 77.0 Å². The normalized spacial score (nSPS) is 11.0. The maximum absolute atomic E-state index is 13.0. The summed E-state index contributed by atoms with van der Waals surface area (Å²) in [5.41, 5.74) is 0.806. The molecule has 0 N–H and O–H groups in total. The molecule has 0 aliphatic rings. The molecule has 0 fully saturated rings. The summed E-state index contributed by atoms with van der Waals surface area (Å²) < 4.78 is 0.977. The van der Waals surface area contributed by atoms with E-state index in [0.717, 1.165) is 36.0 Å². The largest absolute Gasteiger partial charge is 0.339 e. The zero-order chi connectivity index (χ0) is 20.5. The monoisotopic (exact) mass is 451 g/mol. The maximum Gasteiger partial charge on any atom is 0.253 e. The lowest BCUT2D eigenvalue weighted by Gasteiger charge is -2.23. The van der Waals surface area contributed by atoms with Gasteiger partial charge in [0.05, 0.1) is 0 Å². The zero-order valence-electron chi connectivity index (χ0n) is 18.4. The molecule has 0 radical (unpaired) electrons. The first kappa shape index (κ1) is 25.2. The van der Waals surface area contributed by atoms with E-state index >= 15 is 0 Å². The van der Waals surface area contributed by atoms with Crippen molar-refractivity contribution in [1.82, 2.24) is 4.90 Å². The van der Waals surface area contributed by atoms with E-state index in [9.17, 15) is 4.79 Å². The molecule has 0 aliphatic carbocycles. The van der Waals surface area contributed by atoms with E-state index in [0.29, 0.717) is 0 Å². The maximum atomic E-state index is 13.0. The van der Waals surface area contributed by atoms with Gasteiger partial charge in [0.15, 0.2) is 0 Å². The molecule has 0 bridgehead atoms. The first-order chi connectivity index (χ1) is 13.7. The highest BCUT2D eigenvalue weighted by atomic mass is 79.9. The van der Waals surface area contributed by atoms with E-state index < -0.39 is 0 Å². The molecule has 0 spiro atoms. The van der Waals surface area contributed by atoms with Crippen molar-refractivity contribution in [3.63, 3.8) is 0 Å². The highest BCUT2D eigenvalue weighted by molar-refractivity contribution is 9.10. The van der Waals surface area contributed by atoms with Crippen LogP contribution in [0.15, 0.2) is 28.7 Å². The van der Waals surface area contributed by atoms with Crippen molar-refractivity contribution in [1.29, 1.82) is 0 Å². The smallest absolute Gasteiger partial charge is 0.253 e. The van der Waals surface area contributed by atoms with Crippen LogP contribution in [0.1, 0.15) is 114 Å². The van der Waals surface area contributed by atoms with E-state index in [1.807, 2.05) is 24.3 Å². The van der Waals surface area contributed by atoms with Gasteiger partial charge < -0.3 is 4.90 Å². The minimum Gasteiger partial charge on any atom is -0.339 e. The standard InChI is InChI=1S/C25H42BrNO/c1-3-5-7-9-11-13-15-20-27(21-16-14-12-10-8-6-4-2)25(28)23-18-17-19-24(26)22-23/h17-19,22H,3-16,20-21H2,1-2H3. The van der Waals surface area contributed by atoms with Crippen LogP contribution in [0, 0.1) is 0 Å². The van der Waals surface area contributed by atoms with Crippen LogP contribution in [-0.4, -0.2) is 23.9 Å². The summed E-state index contributed by atoms with van der Waals surface area (Å²) in [5.74, 6) is 0.193. The molecule has 0 atom stereocenters. The number of carbonyl (C=O) groups excluding carboxylic acids is 1. The Morgan fingerprint density at radius 1 is 0.750 bits per heavy atom. The number of nitrogens with zero attached hydrogens (tertiary/aromatic N) is 1. The van der Waals surface area contributed by atoms with Gasteiger partial charge in [-0.05, 0) is 31.0 Å². The molecule has 0 aromatic heterocycles. The Hall–Kier alpha value is -0.830. The first-order valence-corrected chi connectivity index (χ1v) is 12.5. The third kappa shape index (κ3) is 11.9. The van der Waals surface area contributed by atoms with Crippen molar-refractivity contribution < 1.29 is 4.79 Å². The van der Waals surface area contributed by atoms with Gasteiger partial charge in [-0.3, -0.25) is 4.79 Å². The van der Waals surface area contributed by atoms with Crippen molar-refractivity contribution in [3.8, 4) is 0 Å². The Bertz CT molecular complexity index is 499. The van der Waals surface area contributed by atoms with Gasteiger partial charge in [0.1, 0.15) is 0 Å². The molecular formula is C25H42BrNO. The quantitative estimate of drug-likeness (QED) is 0.217. The number of amides is 1. The van der Waals surface area contributed by atoms with E-state index in [1.54, 1.807) is 0 Å². The second kappa shape index (κ2) is 17.1. The van der Waals surface area contributed by atoms with Gasteiger partial charge in [0.2, 0.25) is 0 Å². The van der Waals surface area contributed by atoms with Crippen LogP contribution in [0.2, 0.25) is 0 Å². The first-order valence-electron chi connectivity index (χ1n) is 11.7. The highest BCUT2D eigenvalue weighted by Gasteiger charge is 2.15. The van der Waals surface area contributed by atoms with Crippen molar-refractivity contribution in [3.05, 3.63) is 34.3 Å². The van der Waals surface area contributed by atoms with Gasteiger partial charge in [0.25, 0.3) is 5.91 Å². The van der Waals surface area contributed by atoms with E-state index in [-0.39, 0.29) is 5.91 Å². The molecule has 3 heteroatoms. The lowest BCUT2D eigenvalue weighted by atomic mass is 10.1. The highest BCUT2D eigenvalue weighted by Crippen LogP contribution is 2.16. The number of carbonyl (C=O) groups is 1. The van der Waals surface area contributed by atoms with E-state index in [4.69, 9.17) is 0 Å². The summed E-state index contributed by atoms with van der Waals surface area (Å²) in [6, 6.07) is 7.82. The summed E-state index contributed by atoms with van der Waals surface area (Å²) in [5, 5.41) is 0. The third-order valence-corrected chi connectivity index (χ3v) is 5.92. The number of hydrogen-bond acceptors (Lipinski definition) is 1. The number of halogens is 1.